The van der Waals surface area contributed by atoms with Gasteiger partial charge in [0.25, 0.3) is 0 Å². The van der Waals surface area contributed by atoms with Gasteiger partial charge in [-0.05, 0) is 83.7 Å². The van der Waals surface area contributed by atoms with E-state index in [9.17, 15) is 29.1 Å². The average molecular weight is 1080 g/mol. The molecule has 0 aliphatic carbocycles. The molecule has 75 heavy (non-hydrogen) atoms. The van der Waals surface area contributed by atoms with Crippen molar-refractivity contribution in [3.8, 4) is 11.5 Å². The van der Waals surface area contributed by atoms with E-state index in [-0.39, 0.29) is 59.2 Å². The van der Waals surface area contributed by atoms with Crippen LogP contribution < -0.4 is 19.3 Å². The average Bonchev–Trinajstić information content (AvgIpc) is 3.84. The highest BCUT2D eigenvalue weighted by Gasteiger charge is 2.45. The first-order valence-electron chi connectivity index (χ1n) is 24.1. The lowest BCUT2D eigenvalue weighted by atomic mass is 9.98. The molecule has 2 amide bonds. The number of anilines is 2. The number of alkyl halides is 2. The Labute approximate surface area is 452 Å². The molecule has 6 rings (SSSR count). The Morgan fingerprint density at radius 3 is 1.55 bits per heavy atom. The van der Waals surface area contributed by atoms with Crippen LogP contribution in [0.15, 0.2) is 60.7 Å². The first-order chi connectivity index (χ1) is 35.3. The van der Waals surface area contributed by atoms with Crippen LogP contribution in [0.4, 0.5) is 21.0 Å². The van der Waals surface area contributed by atoms with Gasteiger partial charge in [-0.2, -0.15) is 0 Å². The molecular weight excluding hydrogens is 1010 g/mol. The van der Waals surface area contributed by atoms with Gasteiger partial charge in [-0.1, -0.05) is 56.4 Å². The van der Waals surface area contributed by atoms with Gasteiger partial charge in [0, 0.05) is 63.7 Å². The molecule has 2 aromatic rings. The lowest BCUT2D eigenvalue weighted by Crippen LogP contribution is -2.34. The van der Waals surface area contributed by atoms with E-state index in [1.54, 1.807) is 90.1 Å². The second kappa shape index (κ2) is 28.4. The molecule has 2 fully saturated rings. The molecule has 406 valence electrons. The van der Waals surface area contributed by atoms with Crippen molar-refractivity contribution in [2.45, 2.75) is 123 Å². The molecule has 4 aliphatic rings. The number of benzene rings is 2. The predicted molar refractivity (Wildman–Crippen MR) is 286 cm³/mol. The van der Waals surface area contributed by atoms with Crippen LogP contribution in [0.3, 0.4) is 0 Å². The normalized spacial score (nSPS) is 27.8. The molecule has 22 heteroatoms. The molecule has 4 heterocycles. The number of carbonyl (C=O) groups is 5. The third kappa shape index (κ3) is 17.5. The SMILES string of the molecule is ClCCl.[B]C(=O)N(C)c1cc2c(c(OCOC)c1)C(=O)O[C@@H](C)[C@H](C)/C=C\C(=O)[C@H]1OC(C)(C)O[C@H]1C/C=C/2.[B]C(=O)N(C)c1cc2c(c(OCOC)c1)C(=O)O[C@@H](C)[C@H](C)/C=C\C(O)[C@H]1OC(C)(C)O[C@H]1C/C=C/2. The number of halogens is 2. The number of carbonyl (C=O) groups excluding carboxylic acids is 5. The van der Waals surface area contributed by atoms with E-state index in [1.807, 2.05) is 19.9 Å². The quantitative estimate of drug-likeness (QED) is 0.0865. The fourth-order valence-corrected chi connectivity index (χ4v) is 8.02. The molecule has 0 aromatic heterocycles. The number of aliphatic hydroxyl groups excluding tert-OH is 1. The number of fused-ring (bicyclic) bond motifs is 4. The highest BCUT2D eigenvalue weighted by molar-refractivity contribution is 6.60. The summed E-state index contributed by atoms with van der Waals surface area (Å²) in [5, 5.41) is 11.0. The zero-order valence-corrected chi connectivity index (χ0v) is 46.0. The number of hydrogen-bond acceptors (Lipinski definition) is 16. The van der Waals surface area contributed by atoms with Crippen molar-refractivity contribution in [2.24, 2.45) is 11.8 Å². The van der Waals surface area contributed by atoms with E-state index >= 15 is 0 Å². The van der Waals surface area contributed by atoms with Crippen LogP contribution in [0.1, 0.15) is 100 Å². The van der Waals surface area contributed by atoms with Crippen LogP contribution in [0.5, 0.6) is 11.5 Å². The maximum Gasteiger partial charge on any atom is 0.342 e. The number of amides is 2. The van der Waals surface area contributed by atoms with Gasteiger partial charge in [-0.15, -0.1) is 23.2 Å². The van der Waals surface area contributed by atoms with Crippen molar-refractivity contribution >= 4 is 91.8 Å². The van der Waals surface area contributed by atoms with Gasteiger partial charge in [-0.3, -0.25) is 14.4 Å². The summed E-state index contributed by atoms with van der Waals surface area (Å²) >= 11 is 9.53. The Hall–Kier alpha value is -5.02. The van der Waals surface area contributed by atoms with Crippen molar-refractivity contribution in [1.82, 2.24) is 0 Å². The fraction of sp³-hybridized carbons (Fsp3) is 0.528. The van der Waals surface area contributed by atoms with Gasteiger partial charge in [0.1, 0.15) is 53.1 Å². The molecule has 4 aliphatic heterocycles. The summed E-state index contributed by atoms with van der Waals surface area (Å²) in [6.07, 6.45) is 10.0. The summed E-state index contributed by atoms with van der Waals surface area (Å²) in [6, 6.07) is 6.35. The van der Waals surface area contributed by atoms with Crippen LogP contribution in [-0.4, -0.2) is 152 Å². The van der Waals surface area contributed by atoms with E-state index in [1.165, 1.54) is 56.3 Å². The largest absolute Gasteiger partial charge is 0.467 e. The van der Waals surface area contributed by atoms with Crippen molar-refractivity contribution in [1.29, 1.82) is 0 Å². The molecule has 0 bridgehead atoms. The number of rotatable bonds is 8. The second-order valence-electron chi connectivity index (χ2n) is 18.9. The summed E-state index contributed by atoms with van der Waals surface area (Å²) in [6.45, 7) is 14.1. The van der Waals surface area contributed by atoms with Crippen molar-refractivity contribution in [3.63, 3.8) is 0 Å². The number of esters is 2. The molecule has 0 saturated carbocycles. The molecule has 9 atom stereocenters. The monoisotopic (exact) mass is 1080 g/mol. The first kappa shape index (κ1) is 62.5. The molecule has 18 nitrogen and oxygen atoms in total. The van der Waals surface area contributed by atoms with E-state index in [0.29, 0.717) is 35.3 Å². The van der Waals surface area contributed by atoms with Gasteiger partial charge < -0.3 is 62.3 Å². The minimum atomic E-state index is -0.922. The lowest BCUT2D eigenvalue weighted by Gasteiger charge is -2.24. The standard InChI is InChI=1S/C26H34BNO8.C26H32BNO8.CH2Cl2/c2*1-15-10-11-19(29)23-20(35-26(3,4)36-23)9-7-8-17-12-18(28(5)25(27)31)13-21(33-14-32-6)22(17)24(30)34-16(15)2;2-1-3/h7-8,10-13,15-16,19-20,23,29H,9,14H2,1-6H3;7-8,10-13,15-16,20,23H,9,14H2,1-6H3;1H2/b2*8-7+,11-10-;/t15-,16+,19?,20+,23-;15-,16+,20+,23-;/m11./s1. The van der Waals surface area contributed by atoms with Crippen LogP contribution in [0.2, 0.25) is 0 Å². The molecule has 0 spiro atoms. The van der Waals surface area contributed by atoms with E-state index < -0.39 is 77.9 Å². The second-order valence-corrected chi connectivity index (χ2v) is 19.7. The van der Waals surface area contributed by atoms with E-state index in [0.717, 1.165) is 0 Å². The zero-order chi connectivity index (χ0) is 55.9. The third-order valence-corrected chi connectivity index (χ3v) is 12.3. The Morgan fingerprint density at radius 1 is 0.667 bits per heavy atom. The minimum Gasteiger partial charge on any atom is -0.467 e. The number of cyclic esters (lactones) is 2. The van der Waals surface area contributed by atoms with Crippen molar-refractivity contribution in [3.05, 3.63) is 83.0 Å². The molecule has 1 unspecified atom stereocenters. The predicted octanol–water partition coefficient (Wildman–Crippen LogP) is 8.49. The highest BCUT2D eigenvalue weighted by atomic mass is 35.5. The zero-order valence-electron chi connectivity index (χ0n) is 44.5. The summed E-state index contributed by atoms with van der Waals surface area (Å²) in [4.78, 5) is 65.7. The molecule has 2 aromatic carbocycles. The Kier molecular flexibility index (Phi) is 23.7. The van der Waals surface area contributed by atoms with Crippen LogP contribution >= 0.6 is 23.2 Å². The van der Waals surface area contributed by atoms with E-state index in [2.05, 4.69) is 0 Å². The van der Waals surface area contributed by atoms with Gasteiger partial charge in [0.15, 0.2) is 42.6 Å². The van der Waals surface area contributed by atoms with Crippen LogP contribution in [0.25, 0.3) is 12.2 Å². The summed E-state index contributed by atoms with van der Waals surface area (Å²) in [5.74, 6) is -4.70. The number of hydrogen-bond donors (Lipinski definition) is 1. The fourth-order valence-electron chi connectivity index (χ4n) is 8.02. The highest BCUT2D eigenvalue weighted by Crippen LogP contribution is 2.37. The maximum atomic E-state index is 13.4. The maximum absolute atomic E-state index is 13.4. The number of methoxy groups -OCH3 is 2. The minimum absolute atomic E-state index is 0.121. The third-order valence-electron chi connectivity index (χ3n) is 12.3. The molecule has 1 N–H and O–H groups in total. The molecule has 2 saturated heterocycles. The van der Waals surface area contributed by atoms with Gasteiger partial charge in [-0.25, -0.2) is 9.59 Å². The van der Waals surface area contributed by atoms with E-state index in [4.69, 9.17) is 86.3 Å². The van der Waals surface area contributed by atoms with Crippen molar-refractivity contribution < 1.29 is 76.4 Å². The van der Waals surface area contributed by atoms with Crippen LogP contribution in [0, 0.1) is 11.8 Å². The van der Waals surface area contributed by atoms with Crippen LogP contribution in [-0.2, 0) is 42.7 Å². The Balaban J connectivity index is 0.000000308. The Bertz CT molecular complexity index is 2450. The summed E-state index contributed by atoms with van der Waals surface area (Å²) in [7, 11) is 16.9. The Morgan fingerprint density at radius 2 is 1.09 bits per heavy atom. The number of ether oxygens (including phenoxy) is 10. The smallest absolute Gasteiger partial charge is 0.342 e. The lowest BCUT2D eigenvalue weighted by molar-refractivity contribution is -0.152. The van der Waals surface area contributed by atoms with Crippen molar-refractivity contribution in [2.75, 3.05) is 57.0 Å². The number of ketones is 1. The molecular formula is C53H68B2Cl2N2O16. The summed E-state index contributed by atoms with van der Waals surface area (Å²) in [5.41, 5.74) is 2.08. The first-order valence-corrected chi connectivity index (χ1v) is 25.2. The number of aliphatic hydroxyl groups is 1. The summed E-state index contributed by atoms with van der Waals surface area (Å²) < 4.78 is 56.9. The topological polar surface area (TPSA) is 204 Å². The number of nitrogens with zero attached hydrogens (tertiary/aromatic N) is 2. The van der Waals surface area contributed by atoms with Gasteiger partial charge in [0.05, 0.1) is 17.5 Å². The van der Waals surface area contributed by atoms with Gasteiger partial charge in [0.2, 0.25) is 15.7 Å². The molecule has 4 radical (unpaired) electrons. The van der Waals surface area contributed by atoms with Gasteiger partial charge >= 0.3 is 11.9 Å².